The van der Waals surface area contributed by atoms with Crippen molar-refractivity contribution >= 4 is 22.8 Å². The molecule has 0 saturated heterocycles. The first kappa shape index (κ1) is 13.0. The molecule has 19 heavy (non-hydrogen) atoms. The third kappa shape index (κ3) is 3.05. The summed E-state index contributed by atoms with van der Waals surface area (Å²) >= 11 is 0. The molecule has 2 rings (SSSR count). The van der Waals surface area contributed by atoms with Crippen LogP contribution in [-0.2, 0) is 4.74 Å². The summed E-state index contributed by atoms with van der Waals surface area (Å²) in [6, 6.07) is 5.39. The molecule has 0 aliphatic heterocycles. The van der Waals surface area contributed by atoms with Crippen LogP contribution in [0.2, 0.25) is 0 Å². The van der Waals surface area contributed by atoms with E-state index in [2.05, 4.69) is 21.4 Å². The predicted octanol–water partition coefficient (Wildman–Crippen LogP) is 2.89. The van der Waals surface area contributed by atoms with Gasteiger partial charge in [-0.3, -0.25) is 10.4 Å². The van der Waals surface area contributed by atoms with E-state index in [-0.39, 0.29) is 0 Å². The molecule has 1 aromatic carbocycles. The zero-order valence-electron chi connectivity index (χ0n) is 11.1. The van der Waals surface area contributed by atoms with Crippen molar-refractivity contribution in [3.8, 4) is 12.3 Å². The van der Waals surface area contributed by atoms with Gasteiger partial charge in [-0.1, -0.05) is 5.92 Å². The smallest absolute Gasteiger partial charge is 0.413 e. The number of fused-ring (bicyclic) bond motifs is 1. The van der Waals surface area contributed by atoms with Gasteiger partial charge in [-0.05, 0) is 39.0 Å². The molecular weight excluding hydrogens is 242 g/mol. The largest absolute Gasteiger partial charge is 0.444 e. The highest BCUT2D eigenvalue weighted by molar-refractivity contribution is 5.97. The van der Waals surface area contributed by atoms with E-state index < -0.39 is 11.7 Å². The first-order valence-corrected chi connectivity index (χ1v) is 5.84. The van der Waals surface area contributed by atoms with Gasteiger partial charge in [0, 0.05) is 10.9 Å². The molecule has 0 unspecified atom stereocenters. The highest BCUT2D eigenvalue weighted by Gasteiger charge is 2.17. The van der Waals surface area contributed by atoms with E-state index >= 15 is 0 Å². The maximum absolute atomic E-state index is 11.7. The number of aromatic amines is 1. The minimum Gasteiger partial charge on any atom is -0.444 e. The minimum absolute atomic E-state index is 0.424. The molecule has 0 bridgehead atoms. The summed E-state index contributed by atoms with van der Waals surface area (Å²) in [4.78, 5) is 11.7. The van der Waals surface area contributed by atoms with E-state index in [1.165, 1.54) is 0 Å². The van der Waals surface area contributed by atoms with Crippen molar-refractivity contribution in [2.75, 3.05) is 5.32 Å². The summed E-state index contributed by atoms with van der Waals surface area (Å²) in [7, 11) is 0. The molecule has 2 aromatic rings. The van der Waals surface area contributed by atoms with E-state index in [4.69, 9.17) is 11.2 Å². The molecule has 1 aromatic heterocycles. The second kappa shape index (κ2) is 4.65. The van der Waals surface area contributed by atoms with E-state index in [0.717, 1.165) is 16.5 Å². The standard InChI is InChI=1S/C14H15N3O2/c1-5-9-6-7-10-11(8-9)16-17-12(10)15-13(18)19-14(2,3)4/h1,6-8H,2-4H3,(H2,15,16,17,18). The zero-order chi connectivity index (χ0) is 14.0. The van der Waals surface area contributed by atoms with E-state index in [0.29, 0.717) is 5.82 Å². The van der Waals surface area contributed by atoms with Gasteiger partial charge in [-0.15, -0.1) is 6.42 Å². The number of H-pyrrole nitrogens is 1. The van der Waals surface area contributed by atoms with E-state index in [1.807, 2.05) is 0 Å². The summed E-state index contributed by atoms with van der Waals surface area (Å²) in [6.07, 6.45) is 4.78. The molecule has 0 aliphatic carbocycles. The summed E-state index contributed by atoms with van der Waals surface area (Å²) in [5.74, 6) is 2.96. The number of benzene rings is 1. The number of nitrogens with zero attached hydrogens (tertiary/aromatic N) is 1. The average molecular weight is 257 g/mol. The molecule has 2 N–H and O–H groups in total. The van der Waals surface area contributed by atoms with Gasteiger partial charge >= 0.3 is 6.09 Å². The van der Waals surface area contributed by atoms with Crippen LogP contribution in [0.3, 0.4) is 0 Å². The maximum Gasteiger partial charge on any atom is 0.413 e. The maximum atomic E-state index is 11.7. The Labute approximate surface area is 111 Å². The molecule has 0 aliphatic rings. The molecule has 0 saturated carbocycles. The predicted molar refractivity (Wildman–Crippen MR) is 73.9 cm³/mol. The number of amides is 1. The molecule has 0 radical (unpaired) electrons. The number of nitrogens with one attached hydrogen (secondary N) is 2. The molecule has 0 spiro atoms. The summed E-state index contributed by atoms with van der Waals surface area (Å²) in [5.41, 5.74) is 0.966. The highest BCUT2D eigenvalue weighted by atomic mass is 16.6. The van der Waals surface area contributed by atoms with Crippen molar-refractivity contribution in [3.05, 3.63) is 23.8 Å². The molecule has 1 heterocycles. The lowest BCUT2D eigenvalue weighted by Gasteiger charge is -2.19. The van der Waals surface area contributed by atoms with Gasteiger partial charge < -0.3 is 4.74 Å². The Morgan fingerprint density at radius 3 is 2.84 bits per heavy atom. The fourth-order valence-corrected chi connectivity index (χ4v) is 1.60. The second-order valence-electron chi connectivity index (χ2n) is 5.10. The first-order valence-electron chi connectivity index (χ1n) is 5.84. The van der Waals surface area contributed by atoms with Crippen LogP contribution in [0.5, 0.6) is 0 Å². The van der Waals surface area contributed by atoms with Crippen molar-refractivity contribution in [1.82, 2.24) is 10.2 Å². The Morgan fingerprint density at radius 1 is 1.47 bits per heavy atom. The Morgan fingerprint density at radius 2 is 2.21 bits per heavy atom. The van der Waals surface area contributed by atoms with Crippen LogP contribution in [0, 0.1) is 12.3 Å². The SMILES string of the molecule is C#Cc1ccc2c(NC(=O)OC(C)(C)C)n[nH]c2c1. The highest BCUT2D eigenvalue weighted by Crippen LogP contribution is 2.21. The summed E-state index contributed by atoms with van der Waals surface area (Å²) in [5, 5.41) is 10.2. The van der Waals surface area contributed by atoms with Crippen molar-refractivity contribution < 1.29 is 9.53 Å². The van der Waals surface area contributed by atoms with Crippen molar-refractivity contribution in [2.45, 2.75) is 26.4 Å². The molecule has 98 valence electrons. The average Bonchev–Trinajstić information content (AvgIpc) is 2.69. The number of carbonyl (C=O) groups excluding carboxylic acids is 1. The van der Waals surface area contributed by atoms with Crippen LogP contribution < -0.4 is 5.32 Å². The summed E-state index contributed by atoms with van der Waals surface area (Å²) < 4.78 is 5.17. The lowest BCUT2D eigenvalue weighted by atomic mass is 10.1. The molecular formula is C14H15N3O2. The Bertz CT molecular complexity index is 659. The fourth-order valence-electron chi connectivity index (χ4n) is 1.60. The quantitative estimate of drug-likeness (QED) is 0.772. The number of terminal acetylenes is 1. The number of aromatic nitrogens is 2. The van der Waals surface area contributed by atoms with Crippen LogP contribution in [0.4, 0.5) is 10.6 Å². The van der Waals surface area contributed by atoms with Crippen molar-refractivity contribution in [2.24, 2.45) is 0 Å². The molecule has 5 nitrogen and oxygen atoms in total. The number of hydrogen-bond acceptors (Lipinski definition) is 3. The third-order valence-corrected chi connectivity index (χ3v) is 2.35. The number of rotatable bonds is 1. The number of ether oxygens (including phenoxy) is 1. The topological polar surface area (TPSA) is 67.0 Å². The van der Waals surface area contributed by atoms with Crippen molar-refractivity contribution in [3.63, 3.8) is 0 Å². The van der Waals surface area contributed by atoms with Crippen molar-refractivity contribution in [1.29, 1.82) is 0 Å². The Balaban J connectivity index is 2.23. The minimum atomic E-state index is -0.549. The second-order valence-corrected chi connectivity index (χ2v) is 5.10. The first-order chi connectivity index (χ1) is 8.89. The molecule has 0 fully saturated rings. The van der Waals surface area contributed by atoms with Crippen LogP contribution >= 0.6 is 0 Å². The third-order valence-electron chi connectivity index (χ3n) is 2.35. The van der Waals surface area contributed by atoms with Crippen LogP contribution in [0.25, 0.3) is 10.9 Å². The zero-order valence-corrected chi connectivity index (χ0v) is 11.1. The van der Waals surface area contributed by atoms with E-state index in [9.17, 15) is 4.79 Å². The Kier molecular flexibility index (Phi) is 3.17. The number of carbonyl (C=O) groups is 1. The fraction of sp³-hybridized carbons (Fsp3) is 0.286. The molecule has 1 amide bonds. The van der Waals surface area contributed by atoms with Gasteiger partial charge in [-0.25, -0.2) is 4.79 Å². The van der Waals surface area contributed by atoms with Gasteiger partial charge in [-0.2, -0.15) is 5.10 Å². The monoisotopic (exact) mass is 257 g/mol. The van der Waals surface area contributed by atoms with Gasteiger partial charge in [0.15, 0.2) is 5.82 Å². The Hall–Kier alpha value is -2.48. The summed E-state index contributed by atoms with van der Waals surface area (Å²) in [6.45, 7) is 5.40. The van der Waals surface area contributed by atoms with Gasteiger partial charge in [0.05, 0.1) is 5.52 Å². The van der Waals surface area contributed by atoms with E-state index in [1.54, 1.807) is 39.0 Å². The van der Waals surface area contributed by atoms with Gasteiger partial charge in [0.25, 0.3) is 0 Å². The number of anilines is 1. The van der Waals surface area contributed by atoms with Gasteiger partial charge in [0.1, 0.15) is 5.60 Å². The number of hydrogen-bond donors (Lipinski definition) is 2. The molecule has 5 heteroatoms. The van der Waals surface area contributed by atoms with Crippen LogP contribution in [0.15, 0.2) is 18.2 Å². The van der Waals surface area contributed by atoms with Crippen LogP contribution in [-0.4, -0.2) is 21.9 Å². The van der Waals surface area contributed by atoms with Gasteiger partial charge in [0.2, 0.25) is 0 Å². The lowest BCUT2D eigenvalue weighted by molar-refractivity contribution is 0.0635. The van der Waals surface area contributed by atoms with Crippen LogP contribution in [0.1, 0.15) is 26.3 Å². The molecule has 0 atom stereocenters. The lowest BCUT2D eigenvalue weighted by Crippen LogP contribution is -2.27. The normalized spacial score (nSPS) is 11.1.